The van der Waals surface area contributed by atoms with Crippen LogP contribution in [0.25, 0.3) is 54.7 Å². The van der Waals surface area contributed by atoms with Gasteiger partial charge in [0.2, 0.25) is 0 Å². The van der Waals surface area contributed by atoms with Crippen molar-refractivity contribution in [3.8, 4) is 21.8 Å². The van der Waals surface area contributed by atoms with E-state index in [2.05, 4.69) is 103 Å². The molecule has 3 heterocycles. The highest BCUT2D eigenvalue weighted by Crippen LogP contribution is 2.38. The van der Waals surface area contributed by atoms with Crippen LogP contribution in [0, 0.1) is 0 Å². The van der Waals surface area contributed by atoms with Crippen molar-refractivity contribution in [2.75, 3.05) is 0 Å². The second kappa shape index (κ2) is 8.16. The molecule has 0 aliphatic heterocycles. The zero-order chi connectivity index (χ0) is 25.2. The number of para-hydroxylation sites is 1. The molecule has 180 valence electrons. The van der Waals surface area contributed by atoms with Gasteiger partial charge < -0.3 is 4.42 Å². The Morgan fingerprint density at radius 1 is 0.750 bits per heavy atom. The van der Waals surface area contributed by atoms with Crippen molar-refractivity contribution >= 4 is 70.1 Å². The lowest BCUT2D eigenvalue weighted by atomic mass is 10.0. The first-order chi connectivity index (χ1) is 17.1. The van der Waals surface area contributed by atoms with E-state index >= 15 is 0 Å². The number of fused-ring (bicyclic) bond motifs is 4. The summed E-state index contributed by atoms with van der Waals surface area (Å²) < 4.78 is 7.73. The molecule has 0 amide bonds. The molecule has 8 heteroatoms. The summed E-state index contributed by atoms with van der Waals surface area (Å²) >= 11 is 1.67. The molecule has 36 heavy (non-hydrogen) atoms. The van der Waals surface area contributed by atoms with Gasteiger partial charge in [0.05, 0.1) is 18.3 Å². The molecule has 3 aromatic heterocycles. The number of furan rings is 1. The predicted octanol–water partition coefficient (Wildman–Crippen LogP) is 6.81. The fourth-order valence-electron chi connectivity index (χ4n) is 4.67. The number of aromatic nitrogens is 4. The van der Waals surface area contributed by atoms with Crippen molar-refractivity contribution < 1.29 is 4.42 Å². The maximum Gasteiger partial charge on any atom is 0.180 e. The van der Waals surface area contributed by atoms with Crippen LogP contribution in [0.5, 0.6) is 0 Å². The van der Waals surface area contributed by atoms with Crippen LogP contribution >= 0.6 is 11.3 Å². The maximum absolute atomic E-state index is 6.59. The van der Waals surface area contributed by atoms with Gasteiger partial charge in [0.25, 0.3) is 0 Å². The van der Waals surface area contributed by atoms with Crippen LogP contribution in [-0.2, 0) is 0 Å². The van der Waals surface area contributed by atoms with Crippen molar-refractivity contribution in [1.82, 2.24) is 20.2 Å². The van der Waals surface area contributed by atoms with Gasteiger partial charge in [-0.05, 0) is 29.0 Å². The van der Waals surface area contributed by atoms with Crippen LogP contribution in [0.1, 0.15) is 0 Å². The van der Waals surface area contributed by atoms with Crippen molar-refractivity contribution in [2.45, 2.75) is 39.3 Å². The molecule has 0 fully saturated rings. The average molecular weight is 525 g/mol. The Kier molecular flexibility index (Phi) is 5.26. The first-order valence-electron chi connectivity index (χ1n) is 12.2. The summed E-state index contributed by atoms with van der Waals surface area (Å²) in [5, 5.41) is 14.9. The molecule has 0 unspecified atom stereocenters. The molecular formula is C28H28N4OSSi2. The van der Waals surface area contributed by atoms with E-state index in [1.54, 1.807) is 17.7 Å². The molecule has 0 radical (unpaired) electrons. The fraction of sp³-hybridized carbons (Fsp3) is 0.214. The van der Waals surface area contributed by atoms with Crippen LogP contribution in [-0.4, -0.2) is 36.3 Å². The minimum absolute atomic E-state index is 0.715. The minimum atomic E-state index is -1.61. The lowest BCUT2D eigenvalue weighted by Gasteiger charge is -2.20. The lowest BCUT2D eigenvalue weighted by Crippen LogP contribution is -2.38. The van der Waals surface area contributed by atoms with Crippen LogP contribution in [0.3, 0.4) is 0 Å². The first-order valence-corrected chi connectivity index (χ1v) is 20.0. The quantitative estimate of drug-likeness (QED) is 0.237. The molecule has 6 rings (SSSR count). The Labute approximate surface area is 216 Å². The summed E-state index contributed by atoms with van der Waals surface area (Å²) in [6.07, 6.45) is 1.65. The van der Waals surface area contributed by atoms with E-state index in [-0.39, 0.29) is 0 Å². The largest absolute Gasteiger partial charge is 0.451 e. The minimum Gasteiger partial charge on any atom is -0.451 e. The van der Waals surface area contributed by atoms with E-state index in [9.17, 15) is 0 Å². The van der Waals surface area contributed by atoms with Crippen molar-refractivity contribution in [2.24, 2.45) is 0 Å². The molecule has 0 spiro atoms. The normalized spacial score (nSPS) is 12.7. The molecule has 0 N–H and O–H groups in total. The lowest BCUT2D eigenvalue weighted by molar-refractivity contribution is 0.668. The third-order valence-corrected chi connectivity index (χ3v) is 12.8. The first kappa shape index (κ1) is 23.2. The molecule has 0 aliphatic carbocycles. The number of rotatable bonds is 4. The topological polar surface area (TPSA) is 64.7 Å². The fourth-order valence-corrected chi connectivity index (χ4v) is 8.78. The van der Waals surface area contributed by atoms with Gasteiger partial charge in [-0.1, -0.05) is 80.9 Å². The maximum atomic E-state index is 6.59. The second-order valence-electron chi connectivity index (χ2n) is 11.3. The SMILES string of the molecule is C[Si](C)(C)c1nnc(-c2cccc3c2oc2c(-c4cc([Si](C)(C)C)c5ccccc5c4)ncnc23)s1. The van der Waals surface area contributed by atoms with Crippen LogP contribution in [0.2, 0.25) is 39.3 Å². The molecule has 0 aliphatic rings. The van der Waals surface area contributed by atoms with Gasteiger partial charge in [-0.3, -0.25) is 0 Å². The van der Waals surface area contributed by atoms with E-state index in [1.807, 2.05) is 6.07 Å². The highest BCUT2D eigenvalue weighted by molar-refractivity contribution is 7.27. The molecule has 0 atom stereocenters. The van der Waals surface area contributed by atoms with Gasteiger partial charge in [-0.2, -0.15) is 0 Å². The van der Waals surface area contributed by atoms with Gasteiger partial charge in [-0.15, -0.1) is 21.5 Å². The summed E-state index contributed by atoms with van der Waals surface area (Å²) in [6.45, 7) is 14.0. The summed E-state index contributed by atoms with van der Waals surface area (Å²) in [5.74, 6) is 0. The summed E-state index contributed by atoms with van der Waals surface area (Å²) in [5.41, 5.74) is 5.18. The van der Waals surface area contributed by atoms with Gasteiger partial charge in [-0.25, -0.2) is 9.97 Å². The van der Waals surface area contributed by atoms with Crippen molar-refractivity contribution in [1.29, 1.82) is 0 Å². The number of hydrogen-bond donors (Lipinski definition) is 0. The molecule has 6 aromatic rings. The van der Waals surface area contributed by atoms with Crippen LogP contribution in [0.15, 0.2) is 65.3 Å². The van der Waals surface area contributed by atoms with Gasteiger partial charge in [0, 0.05) is 10.9 Å². The zero-order valence-corrected chi connectivity index (χ0v) is 24.2. The number of nitrogens with zero attached hydrogens (tertiary/aromatic N) is 4. The third-order valence-electron chi connectivity index (χ3n) is 6.52. The second-order valence-corrected chi connectivity index (χ2v) is 22.7. The monoisotopic (exact) mass is 524 g/mol. The Morgan fingerprint density at radius 2 is 1.53 bits per heavy atom. The van der Waals surface area contributed by atoms with Gasteiger partial charge in [0.1, 0.15) is 31.2 Å². The molecule has 0 saturated heterocycles. The zero-order valence-electron chi connectivity index (χ0n) is 21.4. The molecule has 3 aromatic carbocycles. The van der Waals surface area contributed by atoms with Crippen LogP contribution < -0.4 is 9.82 Å². The van der Waals surface area contributed by atoms with Crippen molar-refractivity contribution in [3.05, 3.63) is 60.9 Å². The van der Waals surface area contributed by atoms with E-state index < -0.39 is 16.1 Å². The number of benzene rings is 3. The van der Waals surface area contributed by atoms with Gasteiger partial charge >= 0.3 is 0 Å². The summed E-state index contributed by atoms with van der Waals surface area (Å²) in [4.78, 5) is 9.38. The Hall–Kier alpha value is -3.21. The number of hydrogen-bond acceptors (Lipinski definition) is 6. The molecular weight excluding hydrogens is 497 g/mol. The summed E-state index contributed by atoms with van der Waals surface area (Å²) in [7, 11) is -3.16. The van der Waals surface area contributed by atoms with E-state index in [0.29, 0.717) is 5.58 Å². The Balaban J connectivity index is 1.60. The standard InChI is InChI=1S/C28H28N4OSSi2/c1-35(2,3)22-15-18(14-17-10-7-8-11-19(17)22)23-26-24(30-16-29-23)20-12-9-13-21(25(20)33-26)27-31-32-28(34-27)36(4,5)6/h7-16H,1-6H3. The Morgan fingerprint density at radius 3 is 2.28 bits per heavy atom. The van der Waals surface area contributed by atoms with E-state index in [1.165, 1.54) is 16.0 Å². The van der Waals surface area contributed by atoms with Crippen LogP contribution in [0.4, 0.5) is 0 Å². The third kappa shape index (κ3) is 3.80. The van der Waals surface area contributed by atoms with E-state index in [4.69, 9.17) is 9.40 Å². The van der Waals surface area contributed by atoms with Gasteiger partial charge in [0.15, 0.2) is 10.6 Å². The predicted molar refractivity (Wildman–Crippen MR) is 157 cm³/mol. The highest BCUT2D eigenvalue weighted by Gasteiger charge is 2.25. The molecule has 5 nitrogen and oxygen atoms in total. The van der Waals surface area contributed by atoms with Crippen molar-refractivity contribution in [3.63, 3.8) is 0 Å². The van der Waals surface area contributed by atoms with E-state index in [0.717, 1.165) is 42.9 Å². The summed E-state index contributed by atoms with van der Waals surface area (Å²) in [6, 6.07) is 19.3. The molecule has 0 bridgehead atoms. The molecule has 0 saturated carbocycles. The Bertz CT molecular complexity index is 1780. The smallest absolute Gasteiger partial charge is 0.180 e. The average Bonchev–Trinajstić information content (AvgIpc) is 3.48. The highest BCUT2D eigenvalue weighted by atomic mass is 32.1.